The molecule has 0 bridgehead atoms. The molecule has 0 spiro atoms. The van der Waals surface area contributed by atoms with Crippen LogP contribution in [0.3, 0.4) is 0 Å². The van der Waals surface area contributed by atoms with Crippen LogP contribution < -0.4 is 27.0 Å². The molecule has 0 amide bonds. The molecule has 1 heterocycles. The Hall–Kier alpha value is -0.228. The fourth-order valence-corrected chi connectivity index (χ4v) is 0.365. The second-order valence-corrected chi connectivity index (χ2v) is 1.57. The van der Waals surface area contributed by atoms with Gasteiger partial charge in [0.2, 0.25) is 0 Å². The molecule has 0 saturated heterocycles. The molecule has 105 valence electrons. The van der Waals surface area contributed by atoms with Crippen LogP contribution in [0.2, 0.25) is 0 Å². The minimum atomic E-state index is -1.31. The quantitative estimate of drug-likeness (QED) is 0.156. The third-order valence-corrected chi connectivity index (χ3v) is 0.745. The van der Waals surface area contributed by atoms with E-state index < -0.39 is 17.1 Å². The van der Waals surface area contributed by atoms with E-state index in [0.29, 0.717) is 12.2 Å². The largest absolute Gasteiger partial charge is 0.724 e. The molecule has 1 aromatic heterocycles. The van der Waals surface area contributed by atoms with Crippen molar-refractivity contribution in [3.8, 4) is 0 Å². The van der Waals surface area contributed by atoms with Crippen LogP contribution in [0.25, 0.3) is 10.8 Å². The zero-order valence-electron chi connectivity index (χ0n) is 9.90. The fraction of sp³-hybridized carbons (Fsp3) is 0. The van der Waals surface area contributed by atoms with Crippen LogP contribution in [0, 0.1) is 11.8 Å². The van der Waals surface area contributed by atoms with Crippen molar-refractivity contribution >= 4 is 12.2 Å². The van der Waals surface area contributed by atoms with Crippen molar-refractivity contribution in [2.75, 3.05) is 0 Å². The summed E-state index contributed by atoms with van der Waals surface area (Å²) in [6, 6.07) is 0. The zero-order chi connectivity index (χ0) is 15.1. The van der Waals surface area contributed by atoms with Crippen molar-refractivity contribution in [1.29, 1.82) is 5.26 Å². The smallest absolute Gasteiger partial charge is 0.135 e. The predicted molar refractivity (Wildman–Crippen MR) is 50.1 cm³/mol. The van der Waals surface area contributed by atoms with Gasteiger partial charge in [-0.2, -0.15) is 0 Å². The summed E-state index contributed by atoms with van der Waals surface area (Å²) < 4.78 is -0.346. The second kappa shape index (κ2) is 28.0. The molecular weight excluding hydrogens is 519 g/mol. The summed E-state index contributed by atoms with van der Waals surface area (Å²) in [6.45, 7) is 4.75. The summed E-state index contributed by atoms with van der Waals surface area (Å²) in [6.07, 6.45) is 1.00. The summed E-state index contributed by atoms with van der Waals surface area (Å²) >= 11 is 0. The van der Waals surface area contributed by atoms with Crippen molar-refractivity contribution in [2.24, 2.45) is 0 Å². The summed E-state index contributed by atoms with van der Waals surface area (Å²) in [4.78, 5) is 52.3. The van der Waals surface area contributed by atoms with Gasteiger partial charge in [-0.3, -0.25) is 14.3 Å². The van der Waals surface area contributed by atoms with Gasteiger partial charge in [-0.25, -0.2) is 0 Å². The van der Waals surface area contributed by atoms with Crippen molar-refractivity contribution in [3.63, 3.8) is 0 Å². The normalized spacial score (nSPS) is 5.43. The van der Waals surface area contributed by atoms with Gasteiger partial charge >= 0.3 is 0 Å². The first-order valence-corrected chi connectivity index (χ1v) is 3.23. The summed E-state index contributed by atoms with van der Waals surface area (Å²) in [7, 11) is 0. The third-order valence-electron chi connectivity index (χ3n) is 0.745. The van der Waals surface area contributed by atoms with Crippen LogP contribution in [-0.2, 0) is 108 Å². The van der Waals surface area contributed by atoms with Gasteiger partial charge in [0.1, 0.15) is 17.1 Å². The predicted octanol–water partition coefficient (Wildman–Crippen LogP) is -3.41. The summed E-state index contributed by atoms with van der Waals surface area (Å²) in [5, 5.41) is 28.1. The van der Waals surface area contributed by atoms with Crippen LogP contribution >= 0.6 is 0 Å². The van der Waals surface area contributed by atoms with E-state index in [0.717, 1.165) is 0 Å². The van der Waals surface area contributed by atoms with Crippen LogP contribution in [0.5, 0.6) is 0 Å². The van der Waals surface area contributed by atoms with E-state index in [-0.39, 0.29) is 103 Å². The van der Waals surface area contributed by atoms with E-state index >= 15 is 0 Å². The number of hydrogen-bond acceptors (Lipinski definition) is 7. The molecule has 0 aliphatic carbocycles. The molecule has 0 atom stereocenters. The summed E-state index contributed by atoms with van der Waals surface area (Å²) in [5.74, 6) is 0. The number of aromatic nitrogens is 3. The van der Waals surface area contributed by atoms with E-state index in [1.165, 1.54) is 0 Å². The van der Waals surface area contributed by atoms with Crippen molar-refractivity contribution in [2.45, 2.75) is 0 Å². The topological polar surface area (TPSA) is 207 Å². The van der Waals surface area contributed by atoms with Gasteiger partial charge in [0.15, 0.2) is 0 Å². The molecule has 1 aromatic rings. The Kier molecular flexibility index (Phi) is 49.6. The van der Waals surface area contributed by atoms with Gasteiger partial charge in [0.25, 0.3) is 0 Å². The van der Waals surface area contributed by atoms with Crippen LogP contribution in [0.15, 0.2) is 14.4 Å². The molecule has 1 N–H and O–H groups in total. The van der Waals surface area contributed by atoms with E-state index in [2.05, 4.69) is 9.97 Å². The average Bonchev–Trinajstić information content (AvgIpc) is 2.30. The SMILES string of the molecule is O=c1[n-]c(=O)n(O)c(=O)[n-]1.[C-]#N.[N-]=C=O.[N-]=C=O.[Y].[Y].[Y]. The number of nitrogens with zero attached hydrogens (tertiary/aromatic N) is 6. The standard InChI is InChI=1S/C3H3N3O4.2CNO.CN.3Y/c7-1-4-2(8)6(10)3(9)5-1;2*2-1-3;1-2;;;/h10H,(H2,4,5,7,8,9);;;;;;/q;3*-1;;;/p-2. The van der Waals surface area contributed by atoms with Crippen LogP contribution in [-0.4, -0.2) is 22.1 Å². The minimum Gasteiger partial charge on any atom is -0.724 e. The maximum Gasteiger partial charge on any atom is 0.135 e. The third kappa shape index (κ3) is 25.1. The number of carbonyl (C=O) groups excluding carboxylic acids is 2. The summed E-state index contributed by atoms with van der Waals surface area (Å²) in [5.41, 5.74) is -3.82. The molecule has 0 aliphatic heterocycles. The van der Waals surface area contributed by atoms with Gasteiger partial charge in [-0.05, 0) is 12.2 Å². The van der Waals surface area contributed by atoms with Crippen LogP contribution in [0.4, 0.5) is 0 Å². The zero-order valence-corrected chi connectivity index (χ0v) is 18.4. The molecule has 0 unspecified atom stereocenters. The molecule has 0 aromatic carbocycles. The molecule has 0 aliphatic rings. The van der Waals surface area contributed by atoms with Crippen molar-refractivity contribution < 1.29 is 113 Å². The molecule has 21 heavy (non-hydrogen) atoms. The van der Waals surface area contributed by atoms with Gasteiger partial charge in [0.05, 0.1) is 0 Å². The number of hydrogen-bond donors (Lipinski definition) is 1. The molecule has 1 rings (SSSR count). The minimum absolute atomic E-state index is 0. The monoisotopic (exact) mass is 520 g/mol. The Morgan fingerprint density at radius 1 is 0.952 bits per heavy atom. The molecule has 3 radical (unpaired) electrons. The van der Waals surface area contributed by atoms with Gasteiger partial charge in [-0.15, -0.1) is 0 Å². The molecule has 0 fully saturated rings. The molecular formula is C6HN6O6Y3-5. The Morgan fingerprint density at radius 2 is 1.14 bits per heavy atom. The first-order valence-electron chi connectivity index (χ1n) is 3.23. The van der Waals surface area contributed by atoms with E-state index in [1.54, 1.807) is 0 Å². The fourth-order valence-electron chi connectivity index (χ4n) is 0.365. The van der Waals surface area contributed by atoms with E-state index in [9.17, 15) is 14.4 Å². The Labute approximate surface area is 191 Å². The van der Waals surface area contributed by atoms with Gasteiger partial charge in [0, 0.05) is 98.1 Å². The average molecular weight is 520 g/mol. The number of rotatable bonds is 0. The first-order chi connectivity index (χ1) is 8.44. The van der Waals surface area contributed by atoms with E-state index in [4.69, 9.17) is 37.4 Å². The van der Waals surface area contributed by atoms with Crippen molar-refractivity contribution in [1.82, 2.24) is 14.7 Å². The Bertz CT molecular complexity index is 559. The van der Waals surface area contributed by atoms with Gasteiger partial charge < -0.3 is 52.2 Å². The molecule has 15 heteroatoms. The second-order valence-electron chi connectivity index (χ2n) is 1.57. The molecule has 12 nitrogen and oxygen atoms in total. The number of isocyanates is 2. The van der Waals surface area contributed by atoms with Gasteiger partial charge in [-0.1, -0.05) is 0 Å². The first kappa shape index (κ1) is 37.2. The van der Waals surface area contributed by atoms with Crippen LogP contribution in [0.1, 0.15) is 0 Å². The Balaban J connectivity index is -0.0000000444. The maximum absolute atomic E-state index is 10.2. The van der Waals surface area contributed by atoms with Crippen molar-refractivity contribution in [3.05, 3.63) is 48.8 Å². The molecule has 0 saturated carbocycles. The maximum atomic E-state index is 10.2. The van der Waals surface area contributed by atoms with E-state index in [1.807, 2.05) is 0 Å². The Morgan fingerprint density at radius 3 is 1.33 bits per heavy atom.